The molecule has 1 amide bonds. The fourth-order valence-corrected chi connectivity index (χ4v) is 3.79. The zero-order chi connectivity index (χ0) is 20.1. The molecule has 28 heavy (non-hydrogen) atoms. The minimum atomic E-state index is -0.277. The molecule has 2 aromatic rings. The standard InChI is InChI=1S/C22H26ClFN2O2/c1-15(16-6-8-18(28-2)9-7-16)25-22(27)17-10-12-26(13-11-17)14-19-20(23)4-3-5-21(19)24/h3-9,15,17H,10-14H2,1-2H3,(H,25,27)/t15-/m0/s1. The summed E-state index contributed by atoms with van der Waals surface area (Å²) < 4.78 is 19.1. The first-order valence-electron chi connectivity index (χ1n) is 9.57. The molecule has 1 aliphatic rings. The molecule has 3 rings (SSSR count). The van der Waals surface area contributed by atoms with Gasteiger partial charge in [-0.1, -0.05) is 29.8 Å². The number of rotatable bonds is 6. The van der Waals surface area contributed by atoms with Crippen LogP contribution < -0.4 is 10.1 Å². The fraction of sp³-hybridized carbons (Fsp3) is 0.409. The lowest BCUT2D eigenvalue weighted by Gasteiger charge is -2.32. The second-order valence-corrected chi connectivity index (χ2v) is 7.66. The average Bonchev–Trinajstić information content (AvgIpc) is 2.71. The number of carbonyl (C=O) groups is 1. The molecule has 1 atom stereocenters. The number of methoxy groups -OCH3 is 1. The van der Waals surface area contributed by atoms with Gasteiger partial charge in [-0.15, -0.1) is 0 Å². The molecule has 0 aliphatic carbocycles. The van der Waals surface area contributed by atoms with Crippen molar-refractivity contribution < 1.29 is 13.9 Å². The van der Waals surface area contributed by atoms with Gasteiger partial charge >= 0.3 is 0 Å². The monoisotopic (exact) mass is 404 g/mol. The van der Waals surface area contributed by atoms with E-state index in [4.69, 9.17) is 16.3 Å². The van der Waals surface area contributed by atoms with Gasteiger partial charge in [-0.05, 0) is 62.7 Å². The van der Waals surface area contributed by atoms with Crippen LogP contribution in [0.2, 0.25) is 5.02 Å². The van der Waals surface area contributed by atoms with E-state index in [-0.39, 0.29) is 23.7 Å². The molecule has 1 heterocycles. The Balaban J connectivity index is 1.50. The Labute approximate surface area is 170 Å². The minimum absolute atomic E-state index is 0.0203. The van der Waals surface area contributed by atoms with Crippen molar-refractivity contribution in [2.24, 2.45) is 5.92 Å². The first kappa shape index (κ1) is 20.6. The van der Waals surface area contributed by atoms with Crippen LogP contribution in [0.25, 0.3) is 0 Å². The van der Waals surface area contributed by atoms with Gasteiger partial charge in [-0.25, -0.2) is 4.39 Å². The van der Waals surface area contributed by atoms with E-state index in [1.54, 1.807) is 19.2 Å². The maximum absolute atomic E-state index is 14.0. The maximum Gasteiger partial charge on any atom is 0.223 e. The molecule has 150 valence electrons. The number of hydrogen-bond acceptors (Lipinski definition) is 3. The van der Waals surface area contributed by atoms with Crippen molar-refractivity contribution in [1.29, 1.82) is 0 Å². The van der Waals surface area contributed by atoms with Crippen molar-refractivity contribution in [1.82, 2.24) is 10.2 Å². The lowest BCUT2D eigenvalue weighted by molar-refractivity contribution is -0.127. The van der Waals surface area contributed by atoms with Crippen molar-refractivity contribution in [3.05, 3.63) is 64.4 Å². The summed E-state index contributed by atoms with van der Waals surface area (Å²) >= 11 is 6.12. The van der Waals surface area contributed by atoms with Gasteiger partial charge in [0.25, 0.3) is 0 Å². The molecule has 2 aromatic carbocycles. The van der Waals surface area contributed by atoms with Crippen LogP contribution in [0, 0.1) is 11.7 Å². The van der Waals surface area contributed by atoms with E-state index in [0.29, 0.717) is 17.1 Å². The maximum atomic E-state index is 14.0. The Morgan fingerprint density at radius 2 is 1.93 bits per heavy atom. The number of piperidine rings is 1. The summed E-state index contributed by atoms with van der Waals surface area (Å²) in [5.41, 5.74) is 1.57. The highest BCUT2D eigenvalue weighted by Crippen LogP contribution is 2.25. The van der Waals surface area contributed by atoms with Crippen LogP contribution in [0.15, 0.2) is 42.5 Å². The van der Waals surface area contributed by atoms with Crippen molar-refractivity contribution in [2.45, 2.75) is 32.4 Å². The van der Waals surface area contributed by atoms with Gasteiger partial charge < -0.3 is 10.1 Å². The van der Waals surface area contributed by atoms with Crippen LogP contribution in [0.1, 0.15) is 36.9 Å². The lowest BCUT2D eigenvalue weighted by Crippen LogP contribution is -2.41. The number of nitrogens with zero attached hydrogens (tertiary/aromatic N) is 1. The minimum Gasteiger partial charge on any atom is -0.497 e. The molecule has 1 aliphatic heterocycles. The highest BCUT2D eigenvalue weighted by Gasteiger charge is 2.26. The quantitative estimate of drug-likeness (QED) is 0.766. The van der Waals surface area contributed by atoms with Gasteiger partial charge in [0, 0.05) is 23.0 Å². The number of benzene rings is 2. The first-order valence-corrected chi connectivity index (χ1v) is 9.95. The van der Waals surface area contributed by atoms with Crippen LogP contribution in [-0.2, 0) is 11.3 Å². The summed E-state index contributed by atoms with van der Waals surface area (Å²) in [6.45, 7) is 3.95. The molecule has 0 saturated carbocycles. The molecule has 0 spiro atoms. The summed E-state index contributed by atoms with van der Waals surface area (Å²) in [5, 5.41) is 3.56. The molecule has 1 fully saturated rings. The average molecular weight is 405 g/mol. The Hall–Kier alpha value is -2.11. The summed E-state index contributed by atoms with van der Waals surface area (Å²) in [6, 6.07) is 12.4. The van der Waals surface area contributed by atoms with Crippen LogP contribution in [-0.4, -0.2) is 31.0 Å². The fourth-order valence-electron chi connectivity index (χ4n) is 3.57. The number of ether oxygens (including phenoxy) is 1. The Kier molecular flexibility index (Phi) is 6.92. The predicted molar refractivity (Wildman–Crippen MR) is 109 cm³/mol. The lowest BCUT2D eigenvalue weighted by atomic mass is 9.94. The smallest absolute Gasteiger partial charge is 0.223 e. The Morgan fingerprint density at radius 1 is 1.25 bits per heavy atom. The van der Waals surface area contributed by atoms with Gasteiger partial charge in [-0.3, -0.25) is 9.69 Å². The molecular weight excluding hydrogens is 379 g/mol. The number of amides is 1. The van der Waals surface area contributed by atoms with E-state index < -0.39 is 0 Å². The van der Waals surface area contributed by atoms with E-state index in [0.717, 1.165) is 37.2 Å². The molecule has 6 heteroatoms. The Bertz CT molecular complexity index is 784. The van der Waals surface area contributed by atoms with Crippen molar-refractivity contribution in [3.8, 4) is 5.75 Å². The van der Waals surface area contributed by atoms with E-state index >= 15 is 0 Å². The molecule has 1 saturated heterocycles. The normalized spacial score (nSPS) is 16.6. The van der Waals surface area contributed by atoms with Crippen LogP contribution in [0.5, 0.6) is 5.75 Å². The molecule has 0 radical (unpaired) electrons. The van der Waals surface area contributed by atoms with Crippen molar-refractivity contribution >= 4 is 17.5 Å². The molecular formula is C22H26ClFN2O2. The largest absolute Gasteiger partial charge is 0.497 e. The third kappa shape index (κ3) is 5.03. The van der Waals surface area contributed by atoms with E-state index in [9.17, 15) is 9.18 Å². The molecule has 0 bridgehead atoms. The van der Waals surface area contributed by atoms with Crippen LogP contribution >= 0.6 is 11.6 Å². The number of hydrogen-bond donors (Lipinski definition) is 1. The highest BCUT2D eigenvalue weighted by molar-refractivity contribution is 6.31. The van der Waals surface area contributed by atoms with Crippen molar-refractivity contribution in [3.63, 3.8) is 0 Å². The molecule has 1 N–H and O–H groups in total. The number of nitrogens with one attached hydrogen (secondary N) is 1. The summed E-state index contributed by atoms with van der Waals surface area (Å²) in [4.78, 5) is 14.8. The number of halogens is 2. The molecule has 0 aromatic heterocycles. The summed E-state index contributed by atoms with van der Waals surface area (Å²) in [6.07, 6.45) is 1.51. The summed E-state index contributed by atoms with van der Waals surface area (Å²) in [7, 11) is 1.63. The SMILES string of the molecule is COc1ccc([C@H](C)NC(=O)C2CCN(Cc3c(F)cccc3Cl)CC2)cc1. The summed E-state index contributed by atoms with van der Waals surface area (Å²) in [5.74, 6) is 0.574. The van der Waals surface area contributed by atoms with Gasteiger partial charge in [0.2, 0.25) is 5.91 Å². The molecule has 4 nitrogen and oxygen atoms in total. The van der Waals surface area contributed by atoms with E-state index in [2.05, 4.69) is 10.2 Å². The van der Waals surface area contributed by atoms with Crippen LogP contribution in [0.4, 0.5) is 4.39 Å². The third-order valence-electron chi connectivity index (χ3n) is 5.38. The second kappa shape index (κ2) is 9.39. The van der Waals surface area contributed by atoms with E-state index in [1.165, 1.54) is 6.07 Å². The first-order chi connectivity index (χ1) is 13.5. The van der Waals surface area contributed by atoms with Gasteiger partial charge in [0.1, 0.15) is 11.6 Å². The second-order valence-electron chi connectivity index (χ2n) is 7.25. The number of carbonyl (C=O) groups excluding carboxylic acids is 1. The Morgan fingerprint density at radius 3 is 2.54 bits per heavy atom. The van der Waals surface area contributed by atoms with Gasteiger partial charge in [0.05, 0.1) is 13.2 Å². The van der Waals surface area contributed by atoms with Crippen LogP contribution in [0.3, 0.4) is 0 Å². The topological polar surface area (TPSA) is 41.6 Å². The molecule has 0 unspecified atom stereocenters. The predicted octanol–water partition coefficient (Wildman–Crippen LogP) is 4.58. The van der Waals surface area contributed by atoms with E-state index in [1.807, 2.05) is 31.2 Å². The zero-order valence-corrected chi connectivity index (χ0v) is 17.0. The highest BCUT2D eigenvalue weighted by atomic mass is 35.5. The third-order valence-corrected chi connectivity index (χ3v) is 5.73. The van der Waals surface area contributed by atoms with Crippen molar-refractivity contribution in [2.75, 3.05) is 20.2 Å². The van der Waals surface area contributed by atoms with Gasteiger partial charge in [0.15, 0.2) is 0 Å². The number of likely N-dealkylation sites (tertiary alicyclic amines) is 1. The zero-order valence-electron chi connectivity index (χ0n) is 16.3. The van der Waals surface area contributed by atoms with Gasteiger partial charge in [-0.2, -0.15) is 0 Å².